The van der Waals surface area contributed by atoms with E-state index >= 15 is 0 Å². The average molecular weight is 338 g/mol. The molecule has 0 saturated heterocycles. The number of fused-ring (bicyclic) bond motifs is 1. The van der Waals surface area contributed by atoms with Gasteiger partial charge < -0.3 is 19.7 Å². The van der Waals surface area contributed by atoms with Gasteiger partial charge in [-0.1, -0.05) is 0 Å². The Kier molecular flexibility index (Phi) is 4.42. The summed E-state index contributed by atoms with van der Waals surface area (Å²) in [6.07, 6.45) is -3.13. The molecule has 10 nitrogen and oxygen atoms in total. The molecule has 1 aliphatic heterocycles. The number of hydrogen-bond donors (Lipinski definition) is 3. The number of imide groups is 1. The number of carboxylic acids is 1. The minimum atomic E-state index is -2.01. The smallest absolute Gasteiger partial charge is 0.418 e. The number of nitrogens with zero attached hydrogens (tertiary/aromatic N) is 1. The van der Waals surface area contributed by atoms with Crippen molar-refractivity contribution >= 4 is 35.4 Å². The molecule has 0 fully saturated rings. The topological polar surface area (TPSA) is 142 Å². The summed E-state index contributed by atoms with van der Waals surface area (Å²) in [7, 11) is 2.26. The quantitative estimate of drug-likeness (QED) is 0.743. The zero-order chi connectivity index (χ0) is 18.1. The van der Waals surface area contributed by atoms with Crippen molar-refractivity contribution in [1.29, 1.82) is 0 Å². The highest BCUT2D eigenvalue weighted by Gasteiger charge is 2.55. The molecule has 1 atom stereocenters. The third kappa shape index (κ3) is 2.63. The third-order valence-corrected chi connectivity index (χ3v) is 3.59. The molecular formula is C14H14N2O8. The van der Waals surface area contributed by atoms with Crippen molar-refractivity contribution in [3.05, 3.63) is 23.8 Å². The van der Waals surface area contributed by atoms with E-state index in [4.69, 9.17) is 9.84 Å². The fourth-order valence-corrected chi connectivity index (χ4v) is 2.55. The van der Waals surface area contributed by atoms with E-state index < -0.39 is 36.1 Å². The Balaban J connectivity index is 2.62. The van der Waals surface area contributed by atoms with Gasteiger partial charge in [0.15, 0.2) is 5.60 Å². The molecule has 1 heterocycles. The lowest BCUT2D eigenvalue weighted by Crippen LogP contribution is -2.45. The summed E-state index contributed by atoms with van der Waals surface area (Å²) in [5.41, 5.74) is -1.83. The maximum absolute atomic E-state index is 12.5. The number of benzene rings is 1. The van der Waals surface area contributed by atoms with Gasteiger partial charge in [0.25, 0.3) is 5.91 Å². The summed E-state index contributed by atoms with van der Waals surface area (Å²) in [6.45, 7) is 0. The number of rotatable bonds is 4. The predicted octanol–water partition coefficient (Wildman–Crippen LogP) is 1.21. The Bertz CT molecular complexity index is 731. The minimum Gasteiger partial charge on any atom is -0.481 e. The van der Waals surface area contributed by atoms with Gasteiger partial charge in [-0.05, 0) is 18.2 Å². The summed E-state index contributed by atoms with van der Waals surface area (Å²) in [6, 6.07) is 3.90. The van der Waals surface area contributed by atoms with Gasteiger partial charge in [0.2, 0.25) is 0 Å². The number of methoxy groups -OCH3 is 2. The van der Waals surface area contributed by atoms with E-state index in [1.54, 1.807) is 0 Å². The first kappa shape index (κ1) is 17.2. The normalized spacial score (nSPS) is 18.9. The summed E-state index contributed by atoms with van der Waals surface area (Å²) in [4.78, 5) is 46.8. The van der Waals surface area contributed by atoms with Crippen LogP contribution < -0.4 is 10.2 Å². The molecule has 10 heteroatoms. The molecule has 24 heavy (non-hydrogen) atoms. The van der Waals surface area contributed by atoms with Crippen LogP contribution in [-0.4, -0.2) is 48.5 Å². The Labute approximate surface area is 135 Å². The number of amides is 3. The molecule has 3 amide bonds. The van der Waals surface area contributed by atoms with E-state index in [-0.39, 0.29) is 16.9 Å². The first-order valence-electron chi connectivity index (χ1n) is 6.60. The van der Waals surface area contributed by atoms with Gasteiger partial charge in [-0.15, -0.1) is 0 Å². The van der Waals surface area contributed by atoms with E-state index in [0.29, 0.717) is 4.90 Å². The largest absolute Gasteiger partial charge is 0.481 e. The van der Waals surface area contributed by atoms with Gasteiger partial charge in [-0.3, -0.25) is 14.9 Å². The average Bonchev–Trinajstić information content (AvgIpc) is 2.75. The molecule has 0 bridgehead atoms. The van der Waals surface area contributed by atoms with Gasteiger partial charge in [0, 0.05) is 18.4 Å². The molecule has 0 saturated carbocycles. The van der Waals surface area contributed by atoms with E-state index in [2.05, 4.69) is 10.1 Å². The first-order chi connectivity index (χ1) is 11.3. The Morgan fingerprint density at radius 3 is 2.42 bits per heavy atom. The molecule has 0 aliphatic carbocycles. The summed E-state index contributed by atoms with van der Waals surface area (Å²) < 4.78 is 9.59. The monoisotopic (exact) mass is 338 g/mol. The summed E-state index contributed by atoms with van der Waals surface area (Å²) in [5, 5.41) is 20.7. The van der Waals surface area contributed by atoms with Crippen molar-refractivity contribution < 1.29 is 38.9 Å². The van der Waals surface area contributed by atoms with E-state index in [1.165, 1.54) is 18.2 Å². The summed E-state index contributed by atoms with van der Waals surface area (Å²) in [5.74, 6) is -2.39. The van der Waals surface area contributed by atoms with Crippen LogP contribution in [0.5, 0.6) is 0 Å². The first-order valence-corrected chi connectivity index (χ1v) is 6.60. The molecule has 0 spiro atoms. The SMILES string of the molecule is COC(=O)Nc1ccc2c(c1)C(CC(=O)O)(OC)C(=O)N2C(=O)O. The fourth-order valence-electron chi connectivity index (χ4n) is 2.55. The van der Waals surface area contributed by atoms with Crippen LogP contribution in [0.4, 0.5) is 21.0 Å². The van der Waals surface area contributed by atoms with Crippen LogP contribution in [-0.2, 0) is 24.7 Å². The number of carboxylic acid groups (broad SMARTS) is 2. The minimum absolute atomic E-state index is 0.0219. The Hall–Kier alpha value is -3.14. The Morgan fingerprint density at radius 2 is 1.92 bits per heavy atom. The van der Waals surface area contributed by atoms with Crippen molar-refractivity contribution in [1.82, 2.24) is 0 Å². The maximum atomic E-state index is 12.5. The van der Waals surface area contributed by atoms with Crippen LogP contribution in [0.3, 0.4) is 0 Å². The highest BCUT2D eigenvalue weighted by Crippen LogP contribution is 2.45. The molecule has 1 unspecified atom stereocenters. The van der Waals surface area contributed by atoms with Gasteiger partial charge in [-0.2, -0.15) is 0 Å². The lowest BCUT2D eigenvalue weighted by Gasteiger charge is -2.24. The molecule has 3 N–H and O–H groups in total. The lowest BCUT2D eigenvalue weighted by molar-refractivity contribution is -0.153. The number of anilines is 2. The molecule has 0 radical (unpaired) electrons. The number of nitrogens with one attached hydrogen (secondary N) is 1. The molecule has 128 valence electrons. The van der Waals surface area contributed by atoms with Crippen molar-refractivity contribution in [2.24, 2.45) is 0 Å². The van der Waals surface area contributed by atoms with Gasteiger partial charge in [-0.25, -0.2) is 14.5 Å². The molecule has 1 aromatic carbocycles. The Morgan fingerprint density at radius 1 is 1.25 bits per heavy atom. The van der Waals surface area contributed by atoms with Crippen LogP contribution in [0.1, 0.15) is 12.0 Å². The second-order valence-electron chi connectivity index (χ2n) is 4.87. The predicted molar refractivity (Wildman–Crippen MR) is 78.9 cm³/mol. The maximum Gasteiger partial charge on any atom is 0.418 e. The number of carbonyl (C=O) groups is 4. The van der Waals surface area contributed by atoms with Gasteiger partial charge in [0.05, 0.1) is 19.2 Å². The van der Waals surface area contributed by atoms with Gasteiger partial charge >= 0.3 is 18.2 Å². The van der Waals surface area contributed by atoms with Crippen molar-refractivity contribution in [2.45, 2.75) is 12.0 Å². The fraction of sp³-hybridized carbons (Fsp3) is 0.286. The van der Waals surface area contributed by atoms with Crippen molar-refractivity contribution in [2.75, 3.05) is 24.4 Å². The molecule has 0 aromatic heterocycles. The van der Waals surface area contributed by atoms with Crippen LogP contribution in [0, 0.1) is 0 Å². The highest BCUT2D eigenvalue weighted by molar-refractivity contribution is 6.21. The molecule has 1 aromatic rings. The second kappa shape index (κ2) is 6.16. The zero-order valence-corrected chi connectivity index (χ0v) is 12.7. The highest BCUT2D eigenvalue weighted by atomic mass is 16.5. The van der Waals surface area contributed by atoms with Crippen LogP contribution >= 0.6 is 0 Å². The van der Waals surface area contributed by atoms with Gasteiger partial charge in [0.1, 0.15) is 0 Å². The molecule has 2 rings (SSSR count). The lowest BCUT2D eigenvalue weighted by atomic mass is 9.91. The molecular weight excluding hydrogens is 324 g/mol. The zero-order valence-electron chi connectivity index (χ0n) is 12.7. The third-order valence-electron chi connectivity index (χ3n) is 3.59. The number of aliphatic carboxylic acids is 1. The number of ether oxygens (including phenoxy) is 2. The van der Waals surface area contributed by atoms with Crippen molar-refractivity contribution in [3.8, 4) is 0 Å². The number of hydrogen-bond acceptors (Lipinski definition) is 6. The van der Waals surface area contributed by atoms with Crippen molar-refractivity contribution in [3.63, 3.8) is 0 Å². The summed E-state index contributed by atoms with van der Waals surface area (Å²) >= 11 is 0. The molecule has 1 aliphatic rings. The van der Waals surface area contributed by atoms with Crippen LogP contribution in [0.25, 0.3) is 0 Å². The van der Waals surface area contributed by atoms with E-state index in [1.807, 2.05) is 0 Å². The van der Waals surface area contributed by atoms with E-state index in [0.717, 1.165) is 14.2 Å². The van der Waals surface area contributed by atoms with Crippen LogP contribution in [0.2, 0.25) is 0 Å². The standard InChI is InChI=1S/C14H14N2O8/c1-23-12(20)15-7-3-4-9-8(5-7)14(24-2,6-10(17)18)11(19)16(9)13(21)22/h3-5H,6H2,1-2H3,(H,15,20)(H,17,18)(H,21,22). The number of carbonyl (C=O) groups excluding carboxylic acids is 2. The second-order valence-corrected chi connectivity index (χ2v) is 4.87. The van der Waals surface area contributed by atoms with Crippen LogP contribution in [0.15, 0.2) is 18.2 Å². The van der Waals surface area contributed by atoms with E-state index in [9.17, 15) is 24.3 Å².